The molecular formula is C25H28N2O3S. The Morgan fingerprint density at radius 1 is 1.03 bits per heavy atom. The number of hydrogen-bond donors (Lipinski definition) is 1. The summed E-state index contributed by atoms with van der Waals surface area (Å²) in [5.74, 6) is 0.667. The van der Waals surface area contributed by atoms with E-state index < -0.39 is 0 Å². The molecule has 0 aliphatic heterocycles. The zero-order valence-corrected chi connectivity index (χ0v) is 18.7. The fourth-order valence-electron chi connectivity index (χ4n) is 4.02. The molecular weight excluding hydrogens is 408 g/mol. The second-order valence-corrected chi connectivity index (χ2v) is 9.13. The van der Waals surface area contributed by atoms with Gasteiger partial charge in [0.05, 0.1) is 17.7 Å². The molecule has 2 aromatic heterocycles. The Morgan fingerprint density at radius 2 is 1.81 bits per heavy atom. The molecule has 162 valence electrons. The van der Waals surface area contributed by atoms with Gasteiger partial charge >= 0.3 is 0 Å². The molecule has 6 heteroatoms. The minimum absolute atomic E-state index is 0.0310. The average molecular weight is 437 g/mol. The van der Waals surface area contributed by atoms with E-state index in [4.69, 9.17) is 4.42 Å². The van der Waals surface area contributed by atoms with Crippen LogP contribution in [0.3, 0.4) is 0 Å². The van der Waals surface area contributed by atoms with Crippen molar-refractivity contribution in [2.24, 2.45) is 0 Å². The Morgan fingerprint density at radius 3 is 2.52 bits per heavy atom. The number of hydrogen-bond acceptors (Lipinski definition) is 4. The normalized spacial score (nSPS) is 13.7. The third kappa shape index (κ3) is 5.25. The molecule has 31 heavy (non-hydrogen) atoms. The lowest BCUT2D eigenvalue weighted by molar-refractivity contribution is 0.0722. The largest absolute Gasteiger partial charge is 0.467 e. The topological polar surface area (TPSA) is 62.6 Å². The predicted octanol–water partition coefficient (Wildman–Crippen LogP) is 5.20. The van der Waals surface area contributed by atoms with Crippen molar-refractivity contribution in [3.8, 4) is 0 Å². The smallest absolute Gasteiger partial charge is 0.264 e. The predicted molar refractivity (Wildman–Crippen MR) is 122 cm³/mol. The van der Waals surface area contributed by atoms with Crippen molar-refractivity contribution < 1.29 is 14.0 Å². The molecule has 1 N–H and O–H groups in total. The van der Waals surface area contributed by atoms with Crippen LogP contribution >= 0.6 is 11.3 Å². The lowest BCUT2D eigenvalue weighted by atomic mass is 10.00. The first kappa shape index (κ1) is 21.4. The summed E-state index contributed by atoms with van der Waals surface area (Å²) in [4.78, 5) is 29.3. The molecule has 0 unspecified atom stereocenters. The molecule has 0 saturated carbocycles. The van der Waals surface area contributed by atoms with E-state index >= 15 is 0 Å². The van der Waals surface area contributed by atoms with Crippen LogP contribution in [-0.4, -0.2) is 23.8 Å². The summed E-state index contributed by atoms with van der Waals surface area (Å²) in [6.45, 7) is 0.863. The second-order valence-electron chi connectivity index (χ2n) is 7.99. The highest BCUT2D eigenvalue weighted by molar-refractivity contribution is 7.14. The Kier molecular flexibility index (Phi) is 6.87. The summed E-state index contributed by atoms with van der Waals surface area (Å²) in [5, 5.41) is 2.63. The van der Waals surface area contributed by atoms with Crippen LogP contribution in [0.2, 0.25) is 0 Å². The van der Waals surface area contributed by atoms with Crippen molar-refractivity contribution >= 4 is 23.2 Å². The zero-order chi connectivity index (χ0) is 21.6. The van der Waals surface area contributed by atoms with E-state index in [1.54, 1.807) is 36.8 Å². The number of aryl methyl sites for hydroxylation is 2. The van der Waals surface area contributed by atoms with E-state index in [2.05, 4.69) is 11.4 Å². The highest BCUT2D eigenvalue weighted by atomic mass is 32.1. The average Bonchev–Trinajstić information content (AvgIpc) is 3.42. The van der Waals surface area contributed by atoms with Gasteiger partial charge in [-0.1, -0.05) is 25.0 Å². The third-order valence-electron chi connectivity index (χ3n) is 5.74. The van der Waals surface area contributed by atoms with Gasteiger partial charge in [0, 0.05) is 24.0 Å². The number of benzene rings is 1. The number of furan rings is 1. The monoisotopic (exact) mass is 436 g/mol. The number of thiophene rings is 1. The molecule has 3 aromatic rings. The molecule has 0 radical (unpaired) electrons. The van der Waals surface area contributed by atoms with Gasteiger partial charge in [-0.3, -0.25) is 9.59 Å². The number of nitrogens with one attached hydrogen (secondary N) is 1. The minimum atomic E-state index is -0.119. The number of amides is 2. The Balaban J connectivity index is 1.56. The summed E-state index contributed by atoms with van der Waals surface area (Å²) < 4.78 is 5.52. The van der Waals surface area contributed by atoms with Gasteiger partial charge in [-0.05, 0) is 67.1 Å². The van der Waals surface area contributed by atoms with E-state index in [-0.39, 0.29) is 11.8 Å². The first-order chi connectivity index (χ1) is 15.1. The summed E-state index contributed by atoms with van der Waals surface area (Å²) >= 11 is 1.65. The molecule has 0 bridgehead atoms. The first-order valence-electron chi connectivity index (χ1n) is 10.9. The standard InChI is InChI=1S/C25H28N2O3S/c1-26-24(28)19-12-10-18(11-13-19)16-27(17-21-8-6-14-30-21)25(29)23-15-20-7-4-2-3-5-9-22(20)31-23/h6,8,10-15H,2-5,7,9,16-17H2,1H3,(H,26,28). The molecule has 0 atom stereocenters. The van der Waals surface area contributed by atoms with Crippen molar-refractivity contribution in [1.29, 1.82) is 0 Å². The van der Waals surface area contributed by atoms with E-state index in [1.165, 1.54) is 36.1 Å². The maximum absolute atomic E-state index is 13.5. The molecule has 0 saturated heterocycles. The Hall–Kier alpha value is -2.86. The zero-order valence-electron chi connectivity index (χ0n) is 17.9. The van der Waals surface area contributed by atoms with E-state index in [9.17, 15) is 9.59 Å². The van der Waals surface area contributed by atoms with Crippen molar-refractivity contribution in [3.63, 3.8) is 0 Å². The van der Waals surface area contributed by atoms with Crippen LogP contribution in [0.5, 0.6) is 0 Å². The molecule has 1 aliphatic rings. The lowest BCUT2D eigenvalue weighted by Gasteiger charge is -2.21. The molecule has 5 nitrogen and oxygen atoms in total. The van der Waals surface area contributed by atoms with Crippen LogP contribution in [0, 0.1) is 0 Å². The van der Waals surface area contributed by atoms with Crippen LogP contribution in [0.25, 0.3) is 0 Å². The van der Waals surface area contributed by atoms with Crippen molar-refractivity contribution in [2.75, 3.05) is 7.05 Å². The highest BCUT2D eigenvalue weighted by Crippen LogP contribution is 2.30. The molecule has 0 spiro atoms. The molecule has 0 fully saturated rings. The van der Waals surface area contributed by atoms with Crippen LogP contribution in [-0.2, 0) is 25.9 Å². The number of nitrogens with zero attached hydrogens (tertiary/aromatic N) is 1. The van der Waals surface area contributed by atoms with Gasteiger partial charge < -0.3 is 14.6 Å². The fraction of sp³-hybridized carbons (Fsp3) is 0.360. The molecule has 1 aromatic carbocycles. The van der Waals surface area contributed by atoms with Crippen LogP contribution in [0.15, 0.2) is 53.1 Å². The van der Waals surface area contributed by atoms with E-state index in [1.807, 2.05) is 29.2 Å². The summed E-state index contributed by atoms with van der Waals surface area (Å²) in [6.07, 6.45) is 8.73. The van der Waals surface area contributed by atoms with Gasteiger partial charge in [-0.15, -0.1) is 11.3 Å². The summed E-state index contributed by atoms with van der Waals surface area (Å²) in [7, 11) is 1.62. The maximum Gasteiger partial charge on any atom is 0.264 e. The van der Waals surface area contributed by atoms with Gasteiger partial charge in [-0.2, -0.15) is 0 Å². The van der Waals surface area contributed by atoms with Gasteiger partial charge in [-0.25, -0.2) is 0 Å². The van der Waals surface area contributed by atoms with Crippen molar-refractivity contribution in [2.45, 2.75) is 51.6 Å². The summed E-state index contributed by atoms with van der Waals surface area (Å²) in [6, 6.07) is 13.2. The fourth-order valence-corrected chi connectivity index (χ4v) is 5.24. The molecule has 1 aliphatic carbocycles. The first-order valence-corrected chi connectivity index (χ1v) is 11.7. The molecule has 4 rings (SSSR count). The molecule has 2 heterocycles. The van der Waals surface area contributed by atoms with Gasteiger partial charge in [0.25, 0.3) is 11.8 Å². The van der Waals surface area contributed by atoms with Crippen LogP contribution < -0.4 is 5.32 Å². The van der Waals surface area contributed by atoms with Gasteiger partial charge in [0.2, 0.25) is 0 Å². The lowest BCUT2D eigenvalue weighted by Crippen LogP contribution is -2.29. The number of carbonyl (C=O) groups is 2. The second kappa shape index (κ2) is 9.96. The maximum atomic E-state index is 13.5. The third-order valence-corrected chi connectivity index (χ3v) is 6.96. The highest BCUT2D eigenvalue weighted by Gasteiger charge is 2.22. The number of rotatable bonds is 6. The number of carbonyl (C=O) groups excluding carboxylic acids is 2. The minimum Gasteiger partial charge on any atom is -0.467 e. The SMILES string of the molecule is CNC(=O)c1ccc(CN(Cc2ccco2)C(=O)c2cc3c(s2)CCCCCC3)cc1. The molecule has 2 amide bonds. The van der Waals surface area contributed by atoms with Crippen molar-refractivity contribution in [1.82, 2.24) is 10.2 Å². The quantitative estimate of drug-likeness (QED) is 0.577. The van der Waals surface area contributed by atoms with Crippen LogP contribution in [0.4, 0.5) is 0 Å². The number of fused-ring (bicyclic) bond motifs is 1. The van der Waals surface area contributed by atoms with E-state index in [0.29, 0.717) is 18.7 Å². The Labute approximate surface area is 187 Å². The van der Waals surface area contributed by atoms with Crippen LogP contribution in [0.1, 0.15) is 67.5 Å². The van der Waals surface area contributed by atoms with Crippen molar-refractivity contribution in [3.05, 3.63) is 80.9 Å². The van der Waals surface area contributed by atoms with Gasteiger partial charge in [0.15, 0.2) is 0 Å². The van der Waals surface area contributed by atoms with E-state index in [0.717, 1.165) is 29.0 Å². The summed E-state index contributed by atoms with van der Waals surface area (Å²) in [5.41, 5.74) is 2.93. The van der Waals surface area contributed by atoms with Gasteiger partial charge in [0.1, 0.15) is 5.76 Å². The Bertz CT molecular complexity index is 996.